The highest BCUT2D eigenvalue weighted by Crippen LogP contribution is 2.25. The molecule has 5 rings (SSSR count). The maximum atomic E-state index is 13.0. The summed E-state index contributed by atoms with van der Waals surface area (Å²) in [4.78, 5) is 28.4. The number of fused-ring (bicyclic) bond motifs is 1. The summed E-state index contributed by atoms with van der Waals surface area (Å²) in [6, 6.07) is 20.2. The second-order valence-electron chi connectivity index (χ2n) is 8.64. The average Bonchev–Trinajstić information content (AvgIpc) is 3.05. The Balaban J connectivity index is 1.43. The Labute approximate surface area is 214 Å². The van der Waals surface area contributed by atoms with E-state index in [4.69, 9.17) is 20.6 Å². The summed E-state index contributed by atoms with van der Waals surface area (Å²) >= 11 is 0. The maximum Gasteiger partial charge on any atom is 0.291 e. The summed E-state index contributed by atoms with van der Waals surface area (Å²) in [5.41, 5.74) is 9.37. The van der Waals surface area contributed by atoms with E-state index in [1.165, 1.54) is 0 Å². The normalized spacial score (nSPS) is 19.8. The van der Waals surface area contributed by atoms with Crippen molar-refractivity contribution in [1.82, 2.24) is 4.98 Å². The fourth-order valence-electron chi connectivity index (χ4n) is 4.31. The van der Waals surface area contributed by atoms with Gasteiger partial charge in [0.15, 0.2) is 0 Å². The molecule has 3 heterocycles. The number of benzodiazepines with no additional fused rings is 1. The minimum absolute atomic E-state index is 0.0864. The van der Waals surface area contributed by atoms with Crippen molar-refractivity contribution in [2.45, 2.75) is 19.1 Å². The Morgan fingerprint density at radius 1 is 1.16 bits per heavy atom. The summed E-state index contributed by atoms with van der Waals surface area (Å²) in [6.45, 7) is 3.80. The first-order valence-corrected chi connectivity index (χ1v) is 11.9. The zero-order chi connectivity index (χ0) is 25.8. The van der Waals surface area contributed by atoms with Crippen LogP contribution < -0.4 is 16.0 Å². The first-order chi connectivity index (χ1) is 18.0. The van der Waals surface area contributed by atoms with E-state index in [1.54, 1.807) is 18.3 Å². The predicted octanol–water partition coefficient (Wildman–Crippen LogP) is 2.78. The van der Waals surface area contributed by atoms with Crippen LogP contribution in [0.4, 0.5) is 11.5 Å². The van der Waals surface area contributed by atoms with Crippen LogP contribution >= 0.6 is 0 Å². The monoisotopic (exact) mass is 497 g/mol. The molecule has 3 aromatic rings. The number of carbonyl (C=O) groups excluding carboxylic acids is 1. The minimum atomic E-state index is -1.21. The van der Waals surface area contributed by atoms with Crippen molar-refractivity contribution in [1.29, 1.82) is 5.41 Å². The molecule has 1 fully saturated rings. The third kappa shape index (κ3) is 5.19. The van der Waals surface area contributed by atoms with Crippen molar-refractivity contribution in [3.05, 3.63) is 89.6 Å². The molecule has 2 aliphatic rings. The Kier molecular flexibility index (Phi) is 6.91. The number of nitrogens with zero attached hydrogens (tertiary/aromatic N) is 4. The van der Waals surface area contributed by atoms with E-state index in [2.05, 4.69) is 25.2 Å². The number of nitrogens with one attached hydrogen (secondary N) is 2. The SMILES string of the molecule is C[C@@H]1COCCN1c1ncccc1C(=N)O/C(N)=N/C1N=C(c2ccccc2)c2ccccc2NC1=O. The van der Waals surface area contributed by atoms with Crippen LogP contribution in [0.1, 0.15) is 23.6 Å². The van der Waals surface area contributed by atoms with E-state index in [9.17, 15) is 4.79 Å². The topological polar surface area (TPSA) is 138 Å². The van der Waals surface area contributed by atoms with Gasteiger partial charge >= 0.3 is 0 Å². The molecule has 0 bridgehead atoms. The van der Waals surface area contributed by atoms with Crippen LogP contribution in [0.15, 0.2) is 82.9 Å². The van der Waals surface area contributed by atoms with Crippen LogP contribution in [0, 0.1) is 5.41 Å². The number of aliphatic imine (C=N–C) groups is 2. The number of para-hydroxylation sites is 1. The smallest absolute Gasteiger partial charge is 0.291 e. The molecule has 1 saturated heterocycles. The van der Waals surface area contributed by atoms with E-state index >= 15 is 0 Å². The zero-order valence-electron chi connectivity index (χ0n) is 20.3. The Morgan fingerprint density at radius 2 is 1.95 bits per heavy atom. The van der Waals surface area contributed by atoms with E-state index in [0.717, 1.165) is 11.1 Å². The van der Waals surface area contributed by atoms with Crippen molar-refractivity contribution in [3.8, 4) is 0 Å². The van der Waals surface area contributed by atoms with Crippen LogP contribution in [0.25, 0.3) is 0 Å². The molecule has 0 radical (unpaired) electrons. The molecule has 1 amide bonds. The lowest BCUT2D eigenvalue weighted by Gasteiger charge is -2.35. The molecule has 1 aromatic heterocycles. The molecule has 188 valence electrons. The van der Waals surface area contributed by atoms with Crippen LogP contribution in [0.2, 0.25) is 0 Å². The minimum Gasteiger partial charge on any atom is -0.407 e. The number of amides is 1. The van der Waals surface area contributed by atoms with Crippen molar-refractivity contribution < 1.29 is 14.3 Å². The molecular formula is C27H27N7O3. The van der Waals surface area contributed by atoms with Gasteiger partial charge in [0, 0.05) is 23.9 Å². The highest BCUT2D eigenvalue weighted by molar-refractivity contribution is 6.19. The molecule has 1 unspecified atom stereocenters. The molecule has 37 heavy (non-hydrogen) atoms. The quantitative estimate of drug-likeness (QED) is 0.374. The number of hydrogen-bond acceptors (Lipinski definition) is 8. The summed E-state index contributed by atoms with van der Waals surface area (Å²) in [7, 11) is 0. The lowest BCUT2D eigenvalue weighted by Crippen LogP contribution is -2.45. The molecule has 2 aromatic carbocycles. The zero-order valence-corrected chi connectivity index (χ0v) is 20.3. The third-order valence-corrected chi connectivity index (χ3v) is 6.10. The van der Waals surface area contributed by atoms with E-state index in [1.807, 2.05) is 61.5 Å². The number of anilines is 2. The van der Waals surface area contributed by atoms with Crippen molar-refractivity contribution in [2.75, 3.05) is 30.0 Å². The molecule has 4 N–H and O–H groups in total. The van der Waals surface area contributed by atoms with Gasteiger partial charge in [0.1, 0.15) is 5.82 Å². The molecule has 0 aliphatic carbocycles. The van der Waals surface area contributed by atoms with Gasteiger partial charge in [-0.3, -0.25) is 10.2 Å². The number of rotatable bonds is 4. The van der Waals surface area contributed by atoms with Gasteiger partial charge in [0.2, 0.25) is 12.1 Å². The van der Waals surface area contributed by atoms with Gasteiger partial charge in [-0.2, -0.15) is 4.99 Å². The first kappa shape index (κ1) is 24.1. The van der Waals surface area contributed by atoms with E-state index in [-0.39, 0.29) is 18.0 Å². The van der Waals surface area contributed by atoms with Crippen molar-refractivity contribution >= 4 is 35.0 Å². The number of pyridine rings is 1. The first-order valence-electron chi connectivity index (χ1n) is 11.9. The third-order valence-electron chi connectivity index (χ3n) is 6.10. The fraction of sp³-hybridized carbons (Fsp3) is 0.222. The summed E-state index contributed by atoms with van der Waals surface area (Å²) in [6.07, 6.45) is 0.460. The number of hydrogen-bond donors (Lipinski definition) is 3. The van der Waals surface area contributed by atoms with Gasteiger partial charge in [0.05, 0.1) is 36.2 Å². The molecule has 2 aliphatic heterocycles. The highest BCUT2D eigenvalue weighted by Gasteiger charge is 2.27. The number of ether oxygens (including phenoxy) is 2. The van der Waals surface area contributed by atoms with Gasteiger partial charge in [-0.05, 0) is 25.1 Å². The van der Waals surface area contributed by atoms with Crippen molar-refractivity contribution in [2.24, 2.45) is 15.7 Å². The van der Waals surface area contributed by atoms with Gasteiger partial charge in [0.25, 0.3) is 11.9 Å². The summed E-state index contributed by atoms with van der Waals surface area (Å²) in [5.74, 6) is -0.0866. The number of aromatic nitrogens is 1. The van der Waals surface area contributed by atoms with Gasteiger partial charge in [-0.1, -0.05) is 48.5 Å². The van der Waals surface area contributed by atoms with Crippen LogP contribution in [0.3, 0.4) is 0 Å². The molecule has 0 saturated carbocycles. The van der Waals surface area contributed by atoms with E-state index in [0.29, 0.717) is 42.5 Å². The number of amidine groups is 1. The average molecular weight is 498 g/mol. The fourth-order valence-corrected chi connectivity index (χ4v) is 4.31. The lowest BCUT2D eigenvalue weighted by atomic mass is 10.0. The van der Waals surface area contributed by atoms with Gasteiger partial charge < -0.3 is 25.4 Å². The standard InChI is InChI=1S/C27H27N7O3/c1-17-16-36-15-14-34(17)25-20(11-7-13-30-25)23(28)37-27(29)33-24-26(35)31-21-12-6-5-10-19(21)22(32-24)18-8-3-2-4-9-18/h2-13,17,24,28H,14-16H2,1H3,(H2,29,33)(H,31,35)/t17-,24?/m1/s1. The Morgan fingerprint density at radius 3 is 2.76 bits per heavy atom. The summed E-state index contributed by atoms with van der Waals surface area (Å²) in [5, 5.41) is 11.4. The molecule has 10 heteroatoms. The number of carbonyl (C=O) groups is 1. The Bertz CT molecular complexity index is 1370. The molecule has 10 nitrogen and oxygen atoms in total. The van der Waals surface area contributed by atoms with Gasteiger partial charge in [-0.15, -0.1) is 0 Å². The largest absolute Gasteiger partial charge is 0.407 e. The second kappa shape index (κ2) is 10.6. The molecule has 0 spiro atoms. The van der Waals surface area contributed by atoms with E-state index < -0.39 is 12.1 Å². The second-order valence-corrected chi connectivity index (χ2v) is 8.64. The summed E-state index contributed by atoms with van der Waals surface area (Å²) < 4.78 is 11.1. The van der Waals surface area contributed by atoms with Crippen LogP contribution in [-0.4, -0.2) is 60.5 Å². The maximum absolute atomic E-state index is 13.0. The van der Waals surface area contributed by atoms with Crippen LogP contribution in [-0.2, 0) is 14.3 Å². The predicted molar refractivity (Wildman–Crippen MR) is 142 cm³/mol. The van der Waals surface area contributed by atoms with Gasteiger partial charge in [-0.25, -0.2) is 9.98 Å². The molecule has 2 atom stereocenters. The number of morpholine rings is 1. The van der Waals surface area contributed by atoms with Crippen LogP contribution in [0.5, 0.6) is 0 Å². The number of benzene rings is 2. The highest BCUT2D eigenvalue weighted by atomic mass is 16.5. The van der Waals surface area contributed by atoms with Crippen molar-refractivity contribution in [3.63, 3.8) is 0 Å². The lowest BCUT2D eigenvalue weighted by molar-refractivity contribution is -0.117. The molecular weight excluding hydrogens is 470 g/mol. The Hall–Kier alpha value is -4.57. The number of nitrogens with two attached hydrogens (primary N) is 1.